The average molecular weight is 353 g/mol. The van der Waals surface area contributed by atoms with Gasteiger partial charge >= 0.3 is 6.18 Å². The molecule has 7 heteroatoms. The SMILES string of the molecule is COc1ccc(C(=O)NC(C)c2ccc(C(F)(F)F)cc2)c(OC)c1. The molecule has 2 aromatic carbocycles. The molecular weight excluding hydrogens is 335 g/mol. The lowest BCUT2D eigenvalue weighted by Crippen LogP contribution is -2.27. The van der Waals surface area contributed by atoms with E-state index in [4.69, 9.17) is 9.47 Å². The molecule has 1 unspecified atom stereocenters. The largest absolute Gasteiger partial charge is 0.497 e. The third kappa shape index (κ3) is 4.43. The summed E-state index contributed by atoms with van der Waals surface area (Å²) in [6.45, 7) is 1.69. The van der Waals surface area contributed by atoms with E-state index in [9.17, 15) is 18.0 Å². The standard InChI is InChI=1S/C18H18F3NO3/c1-11(12-4-6-13(7-5-12)18(19,20)21)22-17(23)15-9-8-14(24-2)10-16(15)25-3/h4-11H,1-3H3,(H,22,23). The molecule has 1 atom stereocenters. The van der Waals surface area contributed by atoms with Gasteiger partial charge in [0.15, 0.2) is 0 Å². The van der Waals surface area contributed by atoms with E-state index in [-0.39, 0.29) is 0 Å². The van der Waals surface area contributed by atoms with E-state index in [1.807, 2.05) is 0 Å². The van der Waals surface area contributed by atoms with Crippen LogP contribution in [0.25, 0.3) is 0 Å². The molecule has 1 amide bonds. The maximum Gasteiger partial charge on any atom is 0.416 e. The number of hydrogen-bond donors (Lipinski definition) is 1. The van der Waals surface area contributed by atoms with Crippen LogP contribution >= 0.6 is 0 Å². The number of halogens is 3. The van der Waals surface area contributed by atoms with Crippen LogP contribution in [0.4, 0.5) is 13.2 Å². The number of ether oxygens (including phenoxy) is 2. The van der Waals surface area contributed by atoms with Crippen molar-refractivity contribution in [1.29, 1.82) is 0 Å². The fourth-order valence-corrected chi connectivity index (χ4v) is 2.30. The van der Waals surface area contributed by atoms with Crippen molar-refractivity contribution in [2.24, 2.45) is 0 Å². The lowest BCUT2D eigenvalue weighted by molar-refractivity contribution is -0.137. The van der Waals surface area contributed by atoms with Crippen LogP contribution in [0.5, 0.6) is 11.5 Å². The fraction of sp³-hybridized carbons (Fsp3) is 0.278. The average Bonchev–Trinajstić information content (AvgIpc) is 2.60. The number of hydrogen-bond acceptors (Lipinski definition) is 3. The Bertz CT molecular complexity index is 742. The van der Waals surface area contributed by atoms with E-state index >= 15 is 0 Å². The zero-order valence-electron chi connectivity index (χ0n) is 14.0. The first-order valence-corrected chi connectivity index (χ1v) is 7.46. The number of benzene rings is 2. The zero-order chi connectivity index (χ0) is 18.6. The maximum atomic E-state index is 12.6. The van der Waals surface area contributed by atoms with E-state index in [0.29, 0.717) is 22.6 Å². The number of methoxy groups -OCH3 is 2. The van der Waals surface area contributed by atoms with Gasteiger partial charge in [0.05, 0.1) is 31.4 Å². The Kier molecular flexibility index (Phi) is 5.56. The summed E-state index contributed by atoms with van der Waals surface area (Å²) in [5, 5.41) is 2.74. The molecule has 0 aliphatic carbocycles. The van der Waals surface area contributed by atoms with Gasteiger partial charge in [-0.25, -0.2) is 0 Å². The van der Waals surface area contributed by atoms with Gasteiger partial charge in [0.25, 0.3) is 5.91 Å². The second-order valence-electron chi connectivity index (χ2n) is 5.38. The van der Waals surface area contributed by atoms with Crippen molar-refractivity contribution in [2.45, 2.75) is 19.1 Å². The first-order valence-electron chi connectivity index (χ1n) is 7.46. The number of amides is 1. The molecule has 25 heavy (non-hydrogen) atoms. The summed E-state index contributed by atoms with van der Waals surface area (Å²) in [6, 6.07) is 8.97. The van der Waals surface area contributed by atoms with Gasteiger partial charge in [0.2, 0.25) is 0 Å². The van der Waals surface area contributed by atoms with Crippen LogP contribution in [0.15, 0.2) is 42.5 Å². The molecule has 0 aliphatic rings. The molecule has 2 aromatic rings. The number of alkyl halides is 3. The van der Waals surface area contributed by atoms with Crippen LogP contribution in [-0.2, 0) is 6.18 Å². The van der Waals surface area contributed by atoms with Crippen molar-refractivity contribution in [1.82, 2.24) is 5.32 Å². The molecule has 0 aromatic heterocycles. The quantitative estimate of drug-likeness (QED) is 0.876. The zero-order valence-corrected chi connectivity index (χ0v) is 14.0. The van der Waals surface area contributed by atoms with Crippen LogP contribution in [0.1, 0.15) is 34.5 Å². The summed E-state index contributed by atoms with van der Waals surface area (Å²) in [4.78, 5) is 12.4. The molecule has 0 spiro atoms. The predicted octanol–water partition coefficient (Wildman–Crippen LogP) is 4.21. The summed E-state index contributed by atoms with van der Waals surface area (Å²) in [5.41, 5.74) is 0.141. The molecule has 4 nitrogen and oxygen atoms in total. The molecule has 0 saturated heterocycles. The fourth-order valence-electron chi connectivity index (χ4n) is 2.30. The predicted molar refractivity (Wildman–Crippen MR) is 86.9 cm³/mol. The Morgan fingerprint density at radius 1 is 1.04 bits per heavy atom. The van der Waals surface area contributed by atoms with E-state index in [1.165, 1.54) is 26.4 Å². The molecule has 134 valence electrons. The van der Waals surface area contributed by atoms with Crippen LogP contribution in [0.2, 0.25) is 0 Å². The molecule has 0 fully saturated rings. The van der Waals surface area contributed by atoms with Gasteiger partial charge in [-0.05, 0) is 36.8 Å². The number of rotatable bonds is 5. The van der Waals surface area contributed by atoms with E-state index in [1.54, 1.807) is 25.1 Å². The topological polar surface area (TPSA) is 47.6 Å². The highest BCUT2D eigenvalue weighted by molar-refractivity contribution is 5.97. The van der Waals surface area contributed by atoms with Gasteiger partial charge in [-0.2, -0.15) is 13.2 Å². The Morgan fingerprint density at radius 2 is 1.68 bits per heavy atom. The Labute approximate surface area is 143 Å². The van der Waals surface area contributed by atoms with Crippen molar-refractivity contribution >= 4 is 5.91 Å². The first-order chi connectivity index (χ1) is 11.8. The van der Waals surface area contributed by atoms with Crippen LogP contribution in [0.3, 0.4) is 0 Å². The highest BCUT2D eigenvalue weighted by Crippen LogP contribution is 2.30. The van der Waals surface area contributed by atoms with Crippen LogP contribution in [0, 0.1) is 0 Å². The normalized spacial score (nSPS) is 12.4. The van der Waals surface area contributed by atoms with Crippen molar-refractivity contribution in [3.63, 3.8) is 0 Å². The second kappa shape index (κ2) is 7.46. The highest BCUT2D eigenvalue weighted by Gasteiger charge is 2.30. The van der Waals surface area contributed by atoms with E-state index < -0.39 is 23.7 Å². The lowest BCUT2D eigenvalue weighted by Gasteiger charge is -2.17. The molecule has 0 saturated carbocycles. The molecule has 0 heterocycles. The maximum absolute atomic E-state index is 12.6. The van der Waals surface area contributed by atoms with Gasteiger partial charge in [-0.3, -0.25) is 4.79 Å². The monoisotopic (exact) mass is 353 g/mol. The molecule has 2 rings (SSSR count). The van der Waals surface area contributed by atoms with Gasteiger partial charge in [0, 0.05) is 6.07 Å². The molecule has 0 bridgehead atoms. The second-order valence-corrected chi connectivity index (χ2v) is 5.38. The third-order valence-electron chi connectivity index (χ3n) is 3.74. The Morgan fingerprint density at radius 3 is 2.20 bits per heavy atom. The van der Waals surface area contributed by atoms with Crippen LogP contribution < -0.4 is 14.8 Å². The molecule has 0 aliphatic heterocycles. The van der Waals surface area contributed by atoms with Gasteiger partial charge in [0.1, 0.15) is 11.5 Å². The summed E-state index contributed by atoms with van der Waals surface area (Å²) in [6.07, 6.45) is -4.39. The summed E-state index contributed by atoms with van der Waals surface area (Å²) in [7, 11) is 2.94. The summed E-state index contributed by atoms with van der Waals surface area (Å²) in [5.74, 6) is 0.493. The Hall–Kier alpha value is -2.70. The van der Waals surface area contributed by atoms with E-state index in [0.717, 1.165) is 12.1 Å². The molecule has 0 radical (unpaired) electrons. The van der Waals surface area contributed by atoms with Crippen molar-refractivity contribution in [3.05, 3.63) is 59.2 Å². The number of nitrogens with one attached hydrogen (secondary N) is 1. The van der Waals surface area contributed by atoms with Crippen molar-refractivity contribution < 1.29 is 27.4 Å². The minimum atomic E-state index is -4.39. The number of carbonyl (C=O) groups excluding carboxylic acids is 1. The third-order valence-corrected chi connectivity index (χ3v) is 3.74. The highest BCUT2D eigenvalue weighted by atomic mass is 19.4. The lowest BCUT2D eigenvalue weighted by atomic mass is 10.0. The van der Waals surface area contributed by atoms with Gasteiger partial charge < -0.3 is 14.8 Å². The minimum Gasteiger partial charge on any atom is -0.497 e. The molecular formula is C18H18F3NO3. The summed E-state index contributed by atoms with van der Waals surface area (Å²) < 4.78 is 48.1. The minimum absolute atomic E-state index is 0.307. The first kappa shape index (κ1) is 18.6. The number of carbonyl (C=O) groups is 1. The Balaban J connectivity index is 2.15. The van der Waals surface area contributed by atoms with E-state index in [2.05, 4.69) is 5.32 Å². The van der Waals surface area contributed by atoms with Crippen molar-refractivity contribution in [2.75, 3.05) is 14.2 Å². The van der Waals surface area contributed by atoms with Gasteiger partial charge in [-0.1, -0.05) is 12.1 Å². The van der Waals surface area contributed by atoms with Crippen LogP contribution in [-0.4, -0.2) is 20.1 Å². The summed E-state index contributed by atoms with van der Waals surface area (Å²) >= 11 is 0. The van der Waals surface area contributed by atoms with Crippen molar-refractivity contribution in [3.8, 4) is 11.5 Å². The van der Waals surface area contributed by atoms with Gasteiger partial charge in [-0.15, -0.1) is 0 Å². The molecule has 1 N–H and O–H groups in total. The smallest absolute Gasteiger partial charge is 0.416 e.